The Hall–Kier alpha value is -3.00. The van der Waals surface area contributed by atoms with Gasteiger partial charge in [0.1, 0.15) is 4.90 Å². The number of hydrogen-bond acceptors (Lipinski definition) is 4. The topological polar surface area (TPSA) is 83.6 Å². The summed E-state index contributed by atoms with van der Waals surface area (Å²) < 4.78 is 25.8. The van der Waals surface area contributed by atoms with Crippen LogP contribution in [0.4, 0.5) is 5.69 Å². The molecule has 0 bridgehead atoms. The molecule has 3 rings (SSSR count). The molecule has 8 heteroatoms. The molecule has 0 heterocycles. The maximum absolute atomic E-state index is 12.7. The van der Waals surface area contributed by atoms with Crippen molar-refractivity contribution in [2.24, 2.45) is 0 Å². The standard InChI is InChI=1S/C22H19ClN2O4S/c1-25(2)30(28,29)20-14-17(11-12-19(20)23)22(27)24-18-10-6-9-16(13-18)21(26)15-7-4-3-5-8-15/h3-14H,1-2H3,(H,24,27). The van der Waals surface area contributed by atoms with Crippen LogP contribution in [0.5, 0.6) is 0 Å². The number of nitrogens with zero attached hydrogens (tertiary/aromatic N) is 1. The molecule has 0 aromatic heterocycles. The molecule has 0 saturated carbocycles. The van der Waals surface area contributed by atoms with Crippen LogP contribution in [-0.2, 0) is 10.0 Å². The van der Waals surface area contributed by atoms with Gasteiger partial charge in [-0.3, -0.25) is 9.59 Å². The number of amides is 1. The second-order valence-corrected chi connectivity index (χ2v) is 9.19. The van der Waals surface area contributed by atoms with Crippen molar-refractivity contribution in [3.05, 3.63) is 94.5 Å². The van der Waals surface area contributed by atoms with Gasteiger partial charge >= 0.3 is 0 Å². The number of hydrogen-bond donors (Lipinski definition) is 1. The Kier molecular flexibility index (Phi) is 6.36. The van der Waals surface area contributed by atoms with Crippen LogP contribution in [0.15, 0.2) is 77.7 Å². The van der Waals surface area contributed by atoms with Crippen molar-refractivity contribution in [3.8, 4) is 0 Å². The van der Waals surface area contributed by atoms with E-state index in [1.807, 2.05) is 6.07 Å². The molecule has 0 aliphatic rings. The molecule has 0 radical (unpaired) electrons. The van der Waals surface area contributed by atoms with E-state index < -0.39 is 15.9 Å². The van der Waals surface area contributed by atoms with Gasteiger partial charge in [-0.2, -0.15) is 0 Å². The number of rotatable bonds is 6. The van der Waals surface area contributed by atoms with Crippen LogP contribution < -0.4 is 5.32 Å². The van der Waals surface area contributed by atoms with Crippen molar-refractivity contribution in [3.63, 3.8) is 0 Å². The highest BCUT2D eigenvalue weighted by atomic mass is 35.5. The Balaban J connectivity index is 1.86. The van der Waals surface area contributed by atoms with Gasteiger partial charge in [-0.05, 0) is 30.3 Å². The Morgan fingerprint density at radius 1 is 0.833 bits per heavy atom. The molecular formula is C22H19ClN2O4S. The average molecular weight is 443 g/mol. The lowest BCUT2D eigenvalue weighted by Gasteiger charge is -2.14. The molecule has 0 fully saturated rings. The van der Waals surface area contributed by atoms with Crippen molar-refractivity contribution >= 4 is 39.0 Å². The maximum atomic E-state index is 12.7. The predicted molar refractivity (Wildman–Crippen MR) is 117 cm³/mol. The van der Waals surface area contributed by atoms with E-state index in [1.54, 1.807) is 48.5 Å². The number of ketones is 1. The van der Waals surface area contributed by atoms with Crippen molar-refractivity contribution in [1.29, 1.82) is 0 Å². The second kappa shape index (κ2) is 8.79. The summed E-state index contributed by atoms with van der Waals surface area (Å²) in [4.78, 5) is 25.1. The monoisotopic (exact) mass is 442 g/mol. The van der Waals surface area contributed by atoms with E-state index in [4.69, 9.17) is 11.6 Å². The first-order valence-electron chi connectivity index (χ1n) is 8.93. The zero-order valence-electron chi connectivity index (χ0n) is 16.3. The number of benzene rings is 3. The fourth-order valence-electron chi connectivity index (χ4n) is 2.74. The molecule has 0 unspecified atom stereocenters. The number of anilines is 1. The second-order valence-electron chi connectivity index (χ2n) is 6.66. The normalized spacial score (nSPS) is 11.3. The first kappa shape index (κ1) is 21.7. The molecule has 154 valence electrons. The van der Waals surface area contributed by atoms with Crippen LogP contribution in [0.3, 0.4) is 0 Å². The van der Waals surface area contributed by atoms with Crippen molar-refractivity contribution in [1.82, 2.24) is 4.31 Å². The van der Waals surface area contributed by atoms with Crippen molar-refractivity contribution < 1.29 is 18.0 Å². The van der Waals surface area contributed by atoms with E-state index in [9.17, 15) is 18.0 Å². The summed E-state index contributed by atoms with van der Waals surface area (Å²) in [6.07, 6.45) is 0. The fourth-order valence-corrected chi connectivity index (χ4v) is 4.13. The quantitative estimate of drug-likeness (QED) is 0.583. The number of carbonyl (C=O) groups is 2. The molecular weight excluding hydrogens is 424 g/mol. The third-order valence-electron chi connectivity index (χ3n) is 4.37. The van der Waals surface area contributed by atoms with Crippen LogP contribution in [0.2, 0.25) is 5.02 Å². The minimum atomic E-state index is -3.81. The van der Waals surface area contributed by atoms with Gasteiger partial charge in [0.2, 0.25) is 10.0 Å². The van der Waals surface area contributed by atoms with E-state index in [0.717, 1.165) is 4.31 Å². The van der Waals surface area contributed by atoms with Gasteiger partial charge in [0, 0.05) is 36.5 Å². The first-order chi connectivity index (χ1) is 14.2. The SMILES string of the molecule is CN(C)S(=O)(=O)c1cc(C(=O)Nc2cccc(C(=O)c3ccccc3)c2)ccc1Cl. The van der Waals surface area contributed by atoms with Crippen molar-refractivity contribution in [2.75, 3.05) is 19.4 Å². The summed E-state index contributed by atoms with van der Waals surface area (Å²) in [5, 5.41) is 2.71. The van der Waals surface area contributed by atoms with Crippen LogP contribution in [0.25, 0.3) is 0 Å². The molecule has 0 aliphatic heterocycles. The molecule has 0 saturated heterocycles. The largest absolute Gasteiger partial charge is 0.322 e. The van der Waals surface area contributed by atoms with E-state index in [-0.39, 0.29) is 21.3 Å². The molecule has 30 heavy (non-hydrogen) atoms. The summed E-state index contributed by atoms with van der Waals surface area (Å²) in [7, 11) is -1.04. The highest BCUT2D eigenvalue weighted by Gasteiger charge is 2.22. The van der Waals surface area contributed by atoms with Crippen LogP contribution in [0.1, 0.15) is 26.3 Å². The van der Waals surface area contributed by atoms with Gasteiger partial charge in [0.25, 0.3) is 5.91 Å². The Labute approximate surface area is 180 Å². The zero-order chi connectivity index (χ0) is 21.9. The number of halogens is 1. The lowest BCUT2D eigenvalue weighted by molar-refractivity contribution is 0.102. The summed E-state index contributed by atoms with van der Waals surface area (Å²) in [5.41, 5.74) is 1.50. The van der Waals surface area contributed by atoms with Gasteiger partial charge in [-0.25, -0.2) is 12.7 Å². The number of carbonyl (C=O) groups excluding carboxylic acids is 2. The van der Waals surface area contributed by atoms with E-state index in [0.29, 0.717) is 16.8 Å². The summed E-state index contributed by atoms with van der Waals surface area (Å²) in [5.74, 6) is -0.691. The summed E-state index contributed by atoms with van der Waals surface area (Å²) >= 11 is 6.03. The fraction of sp³-hybridized carbons (Fsp3) is 0.0909. The lowest BCUT2D eigenvalue weighted by atomic mass is 10.0. The predicted octanol–water partition coefficient (Wildman–Crippen LogP) is 4.07. The highest BCUT2D eigenvalue weighted by Crippen LogP contribution is 2.25. The first-order valence-corrected chi connectivity index (χ1v) is 10.7. The van der Waals surface area contributed by atoms with Gasteiger partial charge in [-0.15, -0.1) is 0 Å². The van der Waals surface area contributed by atoms with Gasteiger partial charge in [0.05, 0.1) is 5.02 Å². The third kappa shape index (κ3) is 4.59. The van der Waals surface area contributed by atoms with E-state index in [2.05, 4.69) is 5.32 Å². The lowest BCUT2D eigenvalue weighted by Crippen LogP contribution is -2.23. The highest BCUT2D eigenvalue weighted by molar-refractivity contribution is 7.89. The van der Waals surface area contributed by atoms with Gasteiger partial charge < -0.3 is 5.32 Å². The zero-order valence-corrected chi connectivity index (χ0v) is 17.9. The van der Waals surface area contributed by atoms with E-state index in [1.165, 1.54) is 32.3 Å². The summed E-state index contributed by atoms with van der Waals surface area (Å²) in [6.45, 7) is 0. The van der Waals surface area contributed by atoms with Crippen LogP contribution in [-0.4, -0.2) is 38.5 Å². The maximum Gasteiger partial charge on any atom is 0.255 e. The van der Waals surface area contributed by atoms with E-state index >= 15 is 0 Å². The molecule has 0 spiro atoms. The number of sulfonamides is 1. The summed E-state index contributed by atoms with van der Waals surface area (Å²) in [6, 6.07) is 19.4. The minimum absolute atomic E-state index is 0.0238. The van der Waals surface area contributed by atoms with Gasteiger partial charge in [-0.1, -0.05) is 54.1 Å². The third-order valence-corrected chi connectivity index (χ3v) is 6.67. The Bertz CT molecular complexity index is 1210. The van der Waals surface area contributed by atoms with Crippen LogP contribution in [0, 0.1) is 0 Å². The van der Waals surface area contributed by atoms with Crippen molar-refractivity contribution in [2.45, 2.75) is 4.90 Å². The Morgan fingerprint density at radius 3 is 2.17 bits per heavy atom. The smallest absolute Gasteiger partial charge is 0.255 e. The number of nitrogens with one attached hydrogen (secondary N) is 1. The molecule has 1 N–H and O–H groups in total. The molecule has 3 aromatic carbocycles. The molecule has 3 aromatic rings. The average Bonchev–Trinajstić information content (AvgIpc) is 2.74. The molecule has 6 nitrogen and oxygen atoms in total. The van der Waals surface area contributed by atoms with Crippen LogP contribution >= 0.6 is 11.6 Å². The Morgan fingerprint density at radius 2 is 1.50 bits per heavy atom. The molecule has 1 amide bonds. The minimum Gasteiger partial charge on any atom is -0.322 e. The van der Waals surface area contributed by atoms with Gasteiger partial charge in [0.15, 0.2) is 5.78 Å². The molecule has 0 atom stereocenters. The molecule has 0 aliphatic carbocycles.